The molecule has 18 heavy (non-hydrogen) atoms. The summed E-state index contributed by atoms with van der Waals surface area (Å²) in [5.41, 5.74) is 0. The average molecular weight is 300 g/mol. The number of nitrogens with zero attached hydrogens (tertiary/aromatic N) is 2. The van der Waals surface area contributed by atoms with E-state index >= 15 is 0 Å². The van der Waals surface area contributed by atoms with Gasteiger partial charge in [-0.1, -0.05) is 0 Å². The van der Waals surface area contributed by atoms with E-state index in [4.69, 9.17) is 4.84 Å². The van der Waals surface area contributed by atoms with Crippen molar-refractivity contribution in [3.05, 3.63) is 0 Å². The van der Waals surface area contributed by atoms with Crippen LogP contribution >= 0.6 is 0 Å². The fourth-order valence-corrected chi connectivity index (χ4v) is 2.57. The normalized spacial score (nSPS) is 20.7. The van der Waals surface area contributed by atoms with E-state index in [1.54, 1.807) is 0 Å². The number of carbonyl (C=O) groups excluding carboxylic acids is 1. The molecule has 106 valence electrons. The molecule has 0 atom stereocenters. The van der Waals surface area contributed by atoms with Crippen molar-refractivity contribution in [2.45, 2.75) is 0 Å². The number of hydrogen-bond donors (Lipinski definition) is 0. The van der Waals surface area contributed by atoms with Crippen molar-refractivity contribution in [1.82, 2.24) is 9.37 Å². The number of likely N-dealkylation sites (N-methyl/N-ethyl adjacent to an activating group) is 1. The van der Waals surface area contributed by atoms with E-state index in [2.05, 4.69) is 0 Å². The third kappa shape index (κ3) is 4.52. The molecule has 1 heterocycles. The first-order chi connectivity index (χ1) is 8.12. The minimum Gasteiger partial charge on any atom is -0.271 e. The maximum Gasteiger partial charge on any atom is 0.261 e. The number of sulfonamides is 1. The van der Waals surface area contributed by atoms with Crippen molar-refractivity contribution >= 4 is 25.8 Å². The lowest BCUT2D eigenvalue weighted by Gasteiger charge is -2.21. The number of sulfone groups is 1. The van der Waals surface area contributed by atoms with Gasteiger partial charge in [-0.2, -0.15) is 4.31 Å². The van der Waals surface area contributed by atoms with Crippen molar-refractivity contribution in [1.29, 1.82) is 0 Å². The standard InChI is InChI=1S/C8H16N2O6S2/c1-9(17(2,12)13)7-8(11)10-3-5-18(14,15)6-4-16-10/h3-7H2,1-2H3. The molecular weight excluding hydrogens is 284 g/mol. The van der Waals surface area contributed by atoms with Gasteiger partial charge in [0.25, 0.3) is 5.91 Å². The average Bonchev–Trinajstić information content (AvgIpc) is 2.37. The fourth-order valence-electron chi connectivity index (χ4n) is 1.25. The quantitative estimate of drug-likeness (QED) is 0.601. The zero-order chi connectivity index (χ0) is 14.0. The van der Waals surface area contributed by atoms with Crippen molar-refractivity contribution in [2.75, 3.05) is 44.5 Å². The lowest BCUT2D eigenvalue weighted by Crippen LogP contribution is -2.41. The van der Waals surface area contributed by atoms with E-state index in [0.717, 1.165) is 15.6 Å². The van der Waals surface area contributed by atoms with Gasteiger partial charge in [0, 0.05) is 7.05 Å². The maximum absolute atomic E-state index is 11.7. The van der Waals surface area contributed by atoms with Gasteiger partial charge in [0.05, 0.1) is 37.5 Å². The Morgan fingerprint density at radius 1 is 1.39 bits per heavy atom. The highest BCUT2D eigenvalue weighted by molar-refractivity contribution is 7.91. The molecule has 1 aliphatic heterocycles. The van der Waals surface area contributed by atoms with Gasteiger partial charge in [-0.05, 0) is 0 Å². The minimum atomic E-state index is -3.46. The monoisotopic (exact) mass is 300 g/mol. The van der Waals surface area contributed by atoms with E-state index in [9.17, 15) is 21.6 Å². The van der Waals surface area contributed by atoms with Crippen LogP contribution in [0, 0.1) is 0 Å². The maximum atomic E-state index is 11.7. The van der Waals surface area contributed by atoms with Crippen LogP contribution in [0.25, 0.3) is 0 Å². The molecule has 1 fully saturated rings. The first-order valence-corrected chi connectivity index (χ1v) is 8.84. The Morgan fingerprint density at radius 3 is 2.56 bits per heavy atom. The van der Waals surface area contributed by atoms with Gasteiger partial charge >= 0.3 is 0 Å². The predicted molar refractivity (Wildman–Crippen MR) is 63.8 cm³/mol. The first-order valence-electron chi connectivity index (χ1n) is 5.17. The second kappa shape index (κ2) is 5.51. The molecule has 10 heteroatoms. The Labute approximate surface area is 106 Å². The van der Waals surface area contributed by atoms with Gasteiger partial charge in [-0.3, -0.25) is 9.63 Å². The Morgan fingerprint density at radius 2 is 2.00 bits per heavy atom. The van der Waals surface area contributed by atoms with Crippen molar-refractivity contribution in [3.63, 3.8) is 0 Å². The van der Waals surface area contributed by atoms with Crippen LogP contribution in [0.3, 0.4) is 0 Å². The highest BCUT2D eigenvalue weighted by atomic mass is 32.2. The van der Waals surface area contributed by atoms with Crippen LogP contribution in [-0.4, -0.2) is 76.6 Å². The summed E-state index contributed by atoms with van der Waals surface area (Å²) in [4.78, 5) is 16.7. The van der Waals surface area contributed by atoms with Crippen LogP contribution in [0.4, 0.5) is 0 Å². The third-order valence-electron chi connectivity index (χ3n) is 2.45. The number of hydrogen-bond acceptors (Lipinski definition) is 6. The van der Waals surface area contributed by atoms with Gasteiger partial charge < -0.3 is 0 Å². The zero-order valence-corrected chi connectivity index (χ0v) is 11.8. The molecule has 0 aliphatic carbocycles. The lowest BCUT2D eigenvalue weighted by atomic mass is 10.5. The van der Waals surface area contributed by atoms with Crippen LogP contribution in [-0.2, 0) is 29.5 Å². The summed E-state index contributed by atoms with van der Waals surface area (Å²) in [5, 5.41) is 0.909. The van der Waals surface area contributed by atoms with Gasteiger partial charge in [0.15, 0.2) is 9.84 Å². The Kier molecular flexibility index (Phi) is 4.70. The summed E-state index contributed by atoms with van der Waals surface area (Å²) in [6.45, 7) is -0.561. The highest BCUT2D eigenvalue weighted by Crippen LogP contribution is 2.04. The lowest BCUT2D eigenvalue weighted by molar-refractivity contribution is -0.181. The van der Waals surface area contributed by atoms with E-state index in [1.807, 2.05) is 0 Å². The number of amides is 1. The van der Waals surface area contributed by atoms with E-state index in [1.165, 1.54) is 7.05 Å². The van der Waals surface area contributed by atoms with Crippen LogP contribution in [0.1, 0.15) is 0 Å². The molecule has 0 radical (unpaired) electrons. The van der Waals surface area contributed by atoms with E-state index in [-0.39, 0.29) is 31.2 Å². The predicted octanol–water partition coefficient (Wildman–Crippen LogP) is -1.93. The Hall–Kier alpha value is -0.710. The first kappa shape index (κ1) is 15.3. The molecule has 0 unspecified atom stereocenters. The van der Waals surface area contributed by atoms with Gasteiger partial charge in [-0.25, -0.2) is 21.9 Å². The molecule has 1 amide bonds. The van der Waals surface area contributed by atoms with Crippen molar-refractivity contribution < 1.29 is 26.5 Å². The molecule has 0 aromatic carbocycles. The SMILES string of the molecule is CN(CC(=O)N1CCS(=O)(=O)CCO1)S(C)(=O)=O. The second-order valence-corrected chi connectivity index (χ2v) is 8.39. The molecule has 0 saturated carbocycles. The van der Waals surface area contributed by atoms with E-state index in [0.29, 0.717) is 0 Å². The third-order valence-corrected chi connectivity index (χ3v) is 5.30. The van der Waals surface area contributed by atoms with Crippen LogP contribution in [0.15, 0.2) is 0 Å². The van der Waals surface area contributed by atoms with E-state index < -0.39 is 25.8 Å². The number of hydroxylamine groups is 2. The summed E-state index contributed by atoms with van der Waals surface area (Å²) >= 11 is 0. The molecule has 1 aliphatic rings. The molecule has 0 bridgehead atoms. The topological polar surface area (TPSA) is 101 Å². The zero-order valence-electron chi connectivity index (χ0n) is 10.2. The number of rotatable bonds is 3. The molecule has 0 spiro atoms. The minimum absolute atomic E-state index is 0.0846. The molecule has 0 aromatic heterocycles. The fraction of sp³-hybridized carbons (Fsp3) is 0.875. The smallest absolute Gasteiger partial charge is 0.261 e. The van der Waals surface area contributed by atoms with Gasteiger partial charge in [0.1, 0.15) is 0 Å². The summed E-state index contributed by atoms with van der Waals surface area (Å²) in [5.74, 6) is -0.903. The van der Waals surface area contributed by atoms with Crippen LogP contribution in [0.5, 0.6) is 0 Å². The Bertz CT molecular complexity index is 512. The summed E-state index contributed by atoms with van der Waals surface area (Å²) < 4.78 is 45.7. The van der Waals surface area contributed by atoms with Gasteiger partial charge in [0.2, 0.25) is 10.0 Å². The molecule has 0 aromatic rings. The summed E-state index contributed by atoms with van der Waals surface area (Å²) in [6.07, 6.45) is 0.980. The molecular formula is C8H16N2O6S2. The number of carbonyl (C=O) groups is 1. The molecule has 8 nitrogen and oxygen atoms in total. The summed E-state index contributed by atoms with van der Waals surface area (Å²) in [7, 11) is -5.38. The van der Waals surface area contributed by atoms with Crippen molar-refractivity contribution in [3.8, 4) is 0 Å². The molecule has 1 saturated heterocycles. The Balaban J connectivity index is 2.63. The van der Waals surface area contributed by atoms with Crippen LogP contribution in [0.2, 0.25) is 0 Å². The van der Waals surface area contributed by atoms with Gasteiger partial charge in [-0.15, -0.1) is 0 Å². The second-order valence-electron chi connectivity index (χ2n) is 4.00. The summed E-state index contributed by atoms with van der Waals surface area (Å²) in [6, 6.07) is 0. The highest BCUT2D eigenvalue weighted by Gasteiger charge is 2.25. The van der Waals surface area contributed by atoms with Crippen molar-refractivity contribution in [2.24, 2.45) is 0 Å². The largest absolute Gasteiger partial charge is 0.271 e. The molecule has 1 rings (SSSR count). The van der Waals surface area contributed by atoms with Crippen LogP contribution < -0.4 is 0 Å². The molecule has 0 N–H and O–H groups in total.